The molecule has 0 saturated carbocycles. The Morgan fingerprint density at radius 3 is 2.48 bits per heavy atom. The van der Waals surface area contributed by atoms with Gasteiger partial charge in [0.25, 0.3) is 0 Å². The molecule has 0 radical (unpaired) electrons. The van der Waals surface area contributed by atoms with Gasteiger partial charge in [-0.3, -0.25) is 0 Å². The van der Waals surface area contributed by atoms with Crippen LogP contribution in [0.25, 0.3) is 11.1 Å². The molecule has 0 amide bonds. The predicted molar refractivity (Wildman–Crippen MR) is 85.4 cm³/mol. The van der Waals surface area contributed by atoms with Crippen molar-refractivity contribution in [1.82, 2.24) is 5.16 Å². The van der Waals surface area contributed by atoms with Crippen LogP contribution < -0.4 is 0 Å². The van der Waals surface area contributed by atoms with Gasteiger partial charge in [-0.25, -0.2) is 4.99 Å². The average Bonchev–Trinajstić information content (AvgIpc) is 2.88. The number of hydrogen-bond donors (Lipinski definition) is 0. The Kier molecular flexibility index (Phi) is 3.84. The summed E-state index contributed by atoms with van der Waals surface area (Å²) < 4.78 is 5.27. The van der Waals surface area contributed by atoms with Gasteiger partial charge in [-0.2, -0.15) is 0 Å². The van der Waals surface area contributed by atoms with E-state index in [4.69, 9.17) is 16.1 Å². The van der Waals surface area contributed by atoms with Crippen LogP contribution in [0.5, 0.6) is 0 Å². The van der Waals surface area contributed by atoms with Gasteiger partial charge in [0.1, 0.15) is 5.76 Å². The normalized spacial score (nSPS) is 11.1. The Bertz CT molecular complexity index is 761. The van der Waals surface area contributed by atoms with E-state index in [0.29, 0.717) is 10.8 Å². The van der Waals surface area contributed by atoms with Gasteiger partial charge in [0.05, 0.1) is 5.56 Å². The van der Waals surface area contributed by atoms with Gasteiger partial charge in [-0.05, 0) is 30.2 Å². The molecular formula is C17H13ClN2O. The third kappa shape index (κ3) is 3.03. The molecule has 0 aliphatic rings. The average molecular weight is 297 g/mol. The van der Waals surface area contributed by atoms with Crippen molar-refractivity contribution in [3.63, 3.8) is 0 Å². The maximum atomic E-state index is 5.87. The van der Waals surface area contributed by atoms with Crippen LogP contribution in [0.1, 0.15) is 11.3 Å². The van der Waals surface area contributed by atoms with Gasteiger partial charge < -0.3 is 4.52 Å². The van der Waals surface area contributed by atoms with Gasteiger partial charge in [0, 0.05) is 11.2 Å². The van der Waals surface area contributed by atoms with E-state index < -0.39 is 0 Å². The van der Waals surface area contributed by atoms with Gasteiger partial charge in [-0.1, -0.05) is 59.2 Å². The Morgan fingerprint density at radius 2 is 1.76 bits per heavy atom. The summed E-state index contributed by atoms with van der Waals surface area (Å²) >= 11 is 5.87. The van der Waals surface area contributed by atoms with Gasteiger partial charge in [-0.15, -0.1) is 0 Å². The SMILES string of the molecule is Cc1onc(N=Cc2ccc(Cl)cc2)c1-c1ccccc1. The molecule has 0 bridgehead atoms. The molecule has 0 aliphatic heterocycles. The van der Waals surface area contributed by atoms with Crippen molar-refractivity contribution in [3.8, 4) is 11.1 Å². The van der Waals surface area contributed by atoms with Crippen molar-refractivity contribution in [2.45, 2.75) is 6.92 Å². The number of benzene rings is 2. The minimum atomic E-state index is 0.577. The third-order valence-corrected chi connectivity index (χ3v) is 3.37. The maximum Gasteiger partial charge on any atom is 0.203 e. The summed E-state index contributed by atoms with van der Waals surface area (Å²) in [6, 6.07) is 17.4. The van der Waals surface area contributed by atoms with E-state index in [2.05, 4.69) is 10.1 Å². The van der Waals surface area contributed by atoms with Crippen LogP contribution in [-0.2, 0) is 0 Å². The van der Waals surface area contributed by atoms with E-state index in [-0.39, 0.29) is 0 Å². The number of rotatable bonds is 3. The lowest BCUT2D eigenvalue weighted by Crippen LogP contribution is -1.81. The molecule has 1 aromatic heterocycles. The van der Waals surface area contributed by atoms with Crippen LogP contribution in [0, 0.1) is 6.92 Å². The van der Waals surface area contributed by atoms with Crippen LogP contribution in [0.2, 0.25) is 5.02 Å². The van der Waals surface area contributed by atoms with Crippen molar-refractivity contribution < 1.29 is 4.52 Å². The smallest absolute Gasteiger partial charge is 0.203 e. The van der Waals surface area contributed by atoms with Crippen LogP contribution in [-0.4, -0.2) is 11.4 Å². The molecule has 0 N–H and O–H groups in total. The molecule has 0 saturated heterocycles. The van der Waals surface area contributed by atoms with E-state index in [1.54, 1.807) is 6.21 Å². The van der Waals surface area contributed by atoms with Crippen LogP contribution >= 0.6 is 11.6 Å². The first-order valence-electron chi connectivity index (χ1n) is 6.55. The highest BCUT2D eigenvalue weighted by Gasteiger charge is 2.13. The number of halogens is 1. The molecule has 0 fully saturated rings. The minimum absolute atomic E-state index is 0.577. The van der Waals surface area contributed by atoms with E-state index in [1.165, 1.54) is 0 Å². The molecule has 4 heteroatoms. The molecule has 0 unspecified atom stereocenters. The number of nitrogens with zero attached hydrogens (tertiary/aromatic N) is 2. The van der Waals surface area contributed by atoms with Crippen LogP contribution in [0.4, 0.5) is 5.82 Å². The Balaban J connectivity index is 1.95. The first-order valence-corrected chi connectivity index (χ1v) is 6.93. The topological polar surface area (TPSA) is 38.4 Å². The molecule has 3 aromatic rings. The zero-order valence-electron chi connectivity index (χ0n) is 11.5. The number of aryl methyl sites for hydroxylation is 1. The molecule has 3 nitrogen and oxygen atoms in total. The molecule has 104 valence electrons. The second-order valence-corrected chi connectivity index (χ2v) is 5.05. The lowest BCUT2D eigenvalue weighted by atomic mass is 10.1. The molecule has 0 atom stereocenters. The van der Waals surface area contributed by atoms with E-state index >= 15 is 0 Å². The fourth-order valence-electron chi connectivity index (χ4n) is 2.07. The zero-order valence-corrected chi connectivity index (χ0v) is 12.2. The number of hydrogen-bond acceptors (Lipinski definition) is 3. The second-order valence-electron chi connectivity index (χ2n) is 4.61. The zero-order chi connectivity index (χ0) is 14.7. The van der Waals surface area contributed by atoms with E-state index in [9.17, 15) is 0 Å². The molecule has 3 rings (SSSR count). The molecule has 21 heavy (non-hydrogen) atoms. The number of aromatic nitrogens is 1. The Hall–Kier alpha value is -2.39. The molecule has 1 heterocycles. The predicted octanol–water partition coefficient (Wildman–Crippen LogP) is 5.05. The van der Waals surface area contributed by atoms with Crippen molar-refractivity contribution in [2.24, 2.45) is 4.99 Å². The molecule has 0 aliphatic carbocycles. The highest BCUT2D eigenvalue weighted by Crippen LogP contribution is 2.32. The van der Waals surface area contributed by atoms with Gasteiger partial charge in [0.2, 0.25) is 5.82 Å². The van der Waals surface area contributed by atoms with Gasteiger partial charge in [0.15, 0.2) is 0 Å². The first-order chi connectivity index (χ1) is 10.2. The fourth-order valence-corrected chi connectivity index (χ4v) is 2.20. The highest BCUT2D eigenvalue weighted by molar-refractivity contribution is 6.30. The number of aliphatic imine (C=N–C) groups is 1. The van der Waals surface area contributed by atoms with Crippen molar-refractivity contribution >= 4 is 23.6 Å². The standard InChI is InChI=1S/C17H13ClN2O/c1-12-16(14-5-3-2-4-6-14)17(20-21-12)19-11-13-7-9-15(18)10-8-13/h2-11H,1H3. The summed E-state index contributed by atoms with van der Waals surface area (Å²) in [7, 11) is 0. The maximum absolute atomic E-state index is 5.87. The summed E-state index contributed by atoms with van der Waals surface area (Å²) in [4.78, 5) is 4.43. The third-order valence-electron chi connectivity index (χ3n) is 3.11. The quantitative estimate of drug-likeness (QED) is 0.634. The first kappa shape index (κ1) is 13.6. The summed E-state index contributed by atoms with van der Waals surface area (Å²) in [6.45, 7) is 1.89. The Labute approximate surface area is 127 Å². The highest BCUT2D eigenvalue weighted by atomic mass is 35.5. The van der Waals surface area contributed by atoms with Crippen molar-refractivity contribution in [3.05, 3.63) is 70.9 Å². The van der Waals surface area contributed by atoms with Crippen LogP contribution in [0.3, 0.4) is 0 Å². The van der Waals surface area contributed by atoms with Crippen molar-refractivity contribution in [2.75, 3.05) is 0 Å². The van der Waals surface area contributed by atoms with E-state index in [1.807, 2.05) is 61.5 Å². The minimum Gasteiger partial charge on any atom is -0.359 e. The summed E-state index contributed by atoms with van der Waals surface area (Å²) in [5.41, 5.74) is 2.92. The molecule has 2 aromatic carbocycles. The lowest BCUT2D eigenvalue weighted by Gasteiger charge is -1.99. The van der Waals surface area contributed by atoms with Crippen molar-refractivity contribution in [1.29, 1.82) is 0 Å². The summed E-state index contributed by atoms with van der Waals surface area (Å²) in [5.74, 6) is 1.33. The molecule has 0 spiro atoms. The largest absolute Gasteiger partial charge is 0.359 e. The fraction of sp³-hybridized carbons (Fsp3) is 0.0588. The van der Waals surface area contributed by atoms with E-state index in [0.717, 1.165) is 22.5 Å². The molecular weight excluding hydrogens is 284 g/mol. The lowest BCUT2D eigenvalue weighted by molar-refractivity contribution is 0.400. The summed E-state index contributed by atoms with van der Waals surface area (Å²) in [5, 5.41) is 4.73. The Morgan fingerprint density at radius 1 is 1.05 bits per heavy atom. The summed E-state index contributed by atoms with van der Waals surface area (Å²) in [6.07, 6.45) is 1.75. The second kappa shape index (κ2) is 5.94. The monoisotopic (exact) mass is 296 g/mol. The van der Waals surface area contributed by atoms with Crippen LogP contribution in [0.15, 0.2) is 64.1 Å². The van der Waals surface area contributed by atoms with Gasteiger partial charge >= 0.3 is 0 Å².